The highest BCUT2D eigenvalue weighted by Crippen LogP contribution is 2.30. The van der Waals surface area contributed by atoms with Crippen LogP contribution in [0.25, 0.3) is 28.2 Å². The monoisotopic (exact) mass is 454 g/mol. The third-order valence-electron chi connectivity index (χ3n) is 5.63. The molecular weight excluding hydrogens is 432 g/mol. The summed E-state index contributed by atoms with van der Waals surface area (Å²) in [7, 11) is 0. The van der Waals surface area contributed by atoms with E-state index in [-0.39, 0.29) is 5.82 Å². The minimum Gasteiger partial charge on any atom is -0.475 e. The van der Waals surface area contributed by atoms with Crippen molar-refractivity contribution in [2.45, 2.75) is 26.8 Å². The second kappa shape index (κ2) is 8.74. The first-order chi connectivity index (χ1) is 16.5. The molecule has 0 atom stereocenters. The molecule has 3 aromatic heterocycles. The van der Waals surface area contributed by atoms with Crippen molar-refractivity contribution in [3.05, 3.63) is 77.4 Å². The molecule has 2 aromatic carbocycles. The summed E-state index contributed by atoms with van der Waals surface area (Å²) < 4.78 is 1.56. The lowest BCUT2D eigenvalue weighted by Gasteiger charge is -2.13. The van der Waals surface area contributed by atoms with Gasteiger partial charge in [0.05, 0.1) is 5.69 Å². The Hall–Kier alpha value is -4.60. The van der Waals surface area contributed by atoms with Crippen LogP contribution >= 0.6 is 0 Å². The van der Waals surface area contributed by atoms with Crippen molar-refractivity contribution in [1.82, 2.24) is 35.0 Å². The van der Waals surface area contributed by atoms with Gasteiger partial charge in [-0.05, 0) is 40.5 Å². The van der Waals surface area contributed by atoms with Gasteiger partial charge in [0, 0.05) is 23.9 Å². The van der Waals surface area contributed by atoms with Gasteiger partial charge in [-0.2, -0.15) is 0 Å². The Kier molecular flexibility index (Phi) is 5.46. The lowest BCUT2D eigenvalue weighted by Crippen LogP contribution is -2.11. The number of anilines is 1. The number of H-pyrrole nitrogens is 1. The van der Waals surface area contributed by atoms with Crippen LogP contribution in [0, 0.1) is 6.92 Å². The van der Waals surface area contributed by atoms with Crippen LogP contribution in [-0.4, -0.2) is 46.1 Å². The number of carbonyl (C=O) groups is 1. The molecule has 0 radical (unpaired) electrons. The Bertz CT molecular complexity index is 1470. The first-order valence-corrected chi connectivity index (χ1v) is 10.8. The van der Waals surface area contributed by atoms with Crippen LogP contribution < -0.4 is 5.32 Å². The predicted octanol–water partition coefficient (Wildman–Crippen LogP) is 3.76. The molecule has 34 heavy (non-hydrogen) atoms. The van der Waals surface area contributed by atoms with Crippen LogP contribution in [0.5, 0.6) is 0 Å². The maximum atomic E-state index is 11.7. The van der Waals surface area contributed by atoms with Gasteiger partial charge in [-0.15, -0.1) is 5.10 Å². The summed E-state index contributed by atoms with van der Waals surface area (Å²) in [5.41, 5.74) is 6.01. The van der Waals surface area contributed by atoms with Crippen molar-refractivity contribution in [1.29, 1.82) is 0 Å². The standard InChI is InChI=1S/C24H22N8O2/c1-3-17-12-20(32-22(27-17)14(2)26-23(32)24(33)34)25-13-15-8-10-16(11-9-15)18-6-4-5-7-19(18)21-28-30-31-29-21/h4-12,25H,3,13H2,1-2H3,(H,33,34)(H,28,29,30,31). The summed E-state index contributed by atoms with van der Waals surface area (Å²) in [6, 6.07) is 18.0. The Labute approximate surface area is 194 Å². The van der Waals surface area contributed by atoms with E-state index in [1.807, 2.05) is 61.5 Å². The van der Waals surface area contributed by atoms with Crippen molar-refractivity contribution in [2.75, 3.05) is 5.32 Å². The normalized spacial score (nSPS) is 11.1. The molecule has 0 spiro atoms. The van der Waals surface area contributed by atoms with Gasteiger partial charge >= 0.3 is 5.97 Å². The second-order valence-corrected chi connectivity index (χ2v) is 7.82. The quantitative estimate of drug-likeness (QED) is 0.338. The smallest absolute Gasteiger partial charge is 0.372 e. The highest BCUT2D eigenvalue weighted by molar-refractivity contribution is 5.86. The molecule has 0 fully saturated rings. The number of imidazole rings is 1. The minimum absolute atomic E-state index is 0.0565. The van der Waals surface area contributed by atoms with Crippen molar-refractivity contribution in [2.24, 2.45) is 0 Å². The molecule has 170 valence electrons. The number of aromatic nitrogens is 7. The average molecular weight is 454 g/mol. The van der Waals surface area contributed by atoms with E-state index >= 15 is 0 Å². The van der Waals surface area contributed by atoms with Gasteiger partial charge in [0.1, 0.15) is 5.82 Å². The number of nitrogens with zero attached hydrogens (tertiary/aromatic N) is 6. The molecule has 0 amide bonds. The first-order valence-electron chi connectivity index (χ1n) is 10.8. The fourth-order valence-electron chi connectivity index (χ4n) is 3.93. The summed E-state index contributed by atoms with van der Waals surface area (Å²) in [5.74, 6) is 0.105. The fourth-order valence-corrected chi connectivity index (χ4v) is 3.93. The zero-order valence-corrected chi connectivity index (χ0v) is 18.6. The summed E-state index contributed by atoms with van der Waals surface area (Å²) in [5, 5.41) is 27.2. The number of rotatable bonds is 7. The number of fused-ring (bicyclic) bond motifs is 1. The Morgan fingerprint density at radius 3 is 2.53 bits per heavy atom. The number of carboxylic acids is 1. The zero-order chi connectivity index (χ0) is 23.7. The minimum atomic E-state index is -1.10. The average Bonchev–Trinajstić information content (AvgIpc) is 3.51. The number of aromatic carboxylic acids is 1. The zero-order valence-electron chi connectivity index (χ0n) is 18.6. The number of hydrogen-bond donors (Lipinski definition) is 3. The van der Waals surface area contributed by atoms with Crippen LogP contribution in [0.2, 0.25) is 0 Å². The molecule has 0 aliphatic rings. The lowest BCUT2D eigenvalue weighted by molar-refractivity contribution is 0.0682. The molecule has 0 unspecified atom stereocenters. The van der Waals surface area contributed by atoms with Crippen molar-refractivity contribution in [3.8, 4) is 22.5 Å². The van der Waals surface area contributed by atoms with E-state index in [4.69, 9.17) is 0 Å². The Balaban J connectivity index is 1.43. The molecule has 0 saturated heterocycles. The van der Waals surface area contributed by atoms with Gasteiger partial charge in [0.15, 0.2) is 11.5 Å². The second-order valence-electron chi connectivity index (χ2n) is 7.82. The number of carboxylic acid groups (broad SMARTS) is 1. The van der Waals surface area contributed by atoms with E-state index in [2.05, 4.69) is 35.9 Å². The van der Waals surface area contributed by atoms with Gasteiger partial charge in [-0.1, -0.05) is 55.5 Å². The number of tetrazole rings is 1. The Morgan fingerprint density at radius 2 is 1.85 bits per heavy atom. The van der Waals surface area contributed by atoms with Crippen LogP contribution in [0.3, 0.4) is 0 Å². The molecule has 5 rings (SSSR count). The predicted molar refractivity (Wildman–Crippen MR) is 126 cm³/mol. The topological polar surface area (TPSA) is 134 Å². The van der Waals surface area contributed by atoms with Gasteiger partial charge in [-0.3, -0.25) is 4.40 Å². The molecule has 10 nitrogen and oxygen atoms in total. The fraction of sp³-hybridized carbons (Fsp3) is 0.167. The van der Waals surface area contributed by atoms with Gasteiger partial charge in [-0.25, -0.2) is 19.9 Å². The third-order valence-corrected chi connectivity index (χ3v) is 5.63. The van der Waals surface area contributed by atoms with Gasteiger partial charge in [0.25, 0.3) is 0 Å². The molecule has 3 N–H and O–H groups in total. The van der Waals surface area contributed by atoms with Crippen molar-refractivity contribution >= 4 is 17.4 Å². The van der Waals surface area contributed by atoms with Crippen molar-refractivity contribution < 1.29 is 9.90 Å². The molecule has 0 aliphatic heterocycles. The molecule has 0 bridgehead atoms. The number of hydrogen-bond acceptors (Lipinski definition) is 7. The molecular formula is C24H22N8O2. The molecule has 10 heteroatoms. The maximum Gasteiger partial charge on any atom is 0.372 e. The SMILES string of the molecule is CCc1cc(NCc2ccc(-c3ccccc3-c3nnn[nH]3)cc2)n2c(C(=O)O)nc(C)c2n1. The first kappa shape index (κ1) is 21.3. The van der Waals surface area contributed by atoms with E-state index in [1.54, 1.807) is 11.3 Å². The molecule has 3 heterocycles. The highest BCUT2D eigenvalue weighted by atomic mass is 16.4. The summed E-state index contributed by atoms with van der Waals surface area (Å²) in [6.07, 6.45) is 0.729. The van der Waals surface area contributed by atoms with E-state index < -0.39 is 5.97 Å². The molecule has 5 aromatic rings. The van der Waals surface area contributed by atoms with E-state index in [0.29, 0.717) is 29.5 Å². The van der Waals surface area contributed by atoms with Gasteiger partial charge in [0.2, 0.25) is 5.82 Å². The molecule has 0 saturated carbocycles. The van der Waals surface area contributed by atoms with E-state index in [9.17, 15) is 9.90 Å². The number of benzene rings is 2. The third kappa shape index (κ3) is 3.85. The summed E-state index contributed by atoms with van der Waals surface area (Å²) >= 11 is 0. The summed E-state index contributed by atoms with van der Waals surface area (Å²) in [6.45, 7) is 4.29. The number of aryl methyl sites for hydroxylation is 2. The van der Waals surface area contributed by atoms with Crippen LogP contribution in [0.15, 0.2) is 54.6 Å². The Morgan fingerprint density at radius 1 is 1.09 bits per heavy atom. The van der Waals surface area contributed by atoms with E-state index in [1.165, 1.54) is 0 Å². The summed E-state index contributed by atoms with van der Waals surface area (Å²) in [4.78, 5) is 20.5. The lowest BCUT2D eigenvalue weighted by atomic mass is 9.98. The van der Waals surface area contributed by atoms with E-state index in [0.717, 1.165) is 34.4 Å². The largest absolute Gasteiger partial charge is 0.475 e. The van der Waals surface area contributed by atoms with Crippen LogP contribution in [0.4, 0.5) is 5.82 Å². The highest BCUT2D eigenvalue weighted by Gasteiger charge is 2.19. The maximum absolute atomic E-state index is 11.7. The number of nitrogens with one attached hydrogen (secondary N) is 2. The van der Waals surface area contributed by atoms with Crippen LogP contribution in [-0.2, 0) is 13.0 Å². The van der Waals surface area contributed by atoms with Crippen molar-refractivity contribution in [3.63, 3.8) is 0 Å². The van der Waals surface area contributed by atoms with Crippen LogP contribution in [0.1, 0.15) is 34.5 Å². The molecule has 0 aliphatic carbocycles. The number of aromatic amines is 1. The van der Waals surface area contributed by atoms with Gasteiger partial charge < -0.3 is 10.4 Å².